The standard InChI is InChI=1S/C21H26ClN5O2/c1-12-15(13(2)23-20-19(12)21(29-6)25-27(20)5)8-10-18(28)24-16-11-14(22)7-9-17(16)26(3)4/h7,9,11H,8,10H2,1-6H3,(H,24,28). The predicted octanol–water partition coefficient (Wildman–Crippen LogP) is 3.88. The molecule has 7 nitrogen and oxygen atoms in total. The van der Waals surface area contributed by atoms with Crippen LogP contribution < -0.4 is 15.0 Å². The average Bonchev–Trinajstić information content (AvgIpc) is 2.97. The fourth-order valence-corrected chi connectivity index (χ4v) is 3.73. The molecule has 0 atom stereocenters. The molecular weight excluding hydrogens is 390 g/mol. The number of aryl methyl sites for hydroxylation is 3. The van der Waals surface area contributed by atoms with E-state index in [1.165, 1.54) is 0 Å². The largest absolute Gasteiger partial charge is 0.479 e. The molecule has 1 amide bonds. The summed E-state index contributed by atoms with van der Waals surface area (Å²) < 4.78 is 7.12. The van der Waals surface area contributed by atoms with Crippen molar-refractivity contribution in [2.24, 2.45) is 7.05 Å². The highest BCUT2D eigenvalue weighted by Gasteiger charge is 2.19. The lowest BCUT2D eigenvalue weighted by Crippen LogP contribution is -2.17. The van der Waals surface area contributed by atoms with E-state index in [9.17, 15) is 4.79 Å². The first-order valence-corrected chi connectivity index (χ1v) is 9.74. The molecule has 0 radical (unpaired) electrons. The number of aromatic nitrogens is 3. The van der Waals surface area contributed by atoms with Crippen LogP contribution in [0, 0.1) is 13.8 Å². The maximum atomic E-state index is 12.7. The molecule has 0 saturated carbocycles. The molecule has 154 valence electrons. The molecule has 0 bridgehead atoms. The number of fused-ring (bicyclic) bond motifs is 1. The molecule has 1 N–H and O–H groups in total. The van der Waals surface area contributed by atoms with E-state index in [-0.39, 0.29) is 5.91 Å². The van der Waals surface area contributed by atoms with E-state index in [1.807, 2.05) is 46.0 Å². The van der Waals surface area contributed by atoms with Gasteiger partial charge in [0.1, 0.15) is 0 Å². The van der Waals surface area contributed by atoms with E-state index in [1.54, 1.807) is 23.9 Å². The van der Waals surface area contributed by atoms with Gasteiger partial charge < -0.3 is 15.0 Å². The van der Waals surface area contributed by atoms with Gasteiger partial charge in [-0.3, -0.25) is 4.79 Å². The van der Waals surface area contributed by atoms with Crippen LogP contribution >= 0.6 is 11.6 Å². The highest BCUT2D eigenvalue weighted by Crippen LogP contribution is 2.31. The van der Waals surface area contributed by atoms with Gasteiger partial charge in [-0.25, -0.2) is 9.67 Å². The number of carbonyl (C=O) groups excluding carboxylic acids is 1. The number of ether oxygens (including phenoxy) is 1. The van der Waals surface area contributed by atoms with Crippen molar-refractivity contribution in [3.8, 4) is 5.88 Å². The van der Waals surface area contributed by atoms with Crippen LogP contribution in [0.25, 0.3) is 11.0 Å². The normalized spacial score (nSPS) is 11.0. The predicted molar refractivity (Wildman–Crippen MR) is 117 cm³/mol. The molecule has 29 heavy (non-hydrogen) atoms. The maximum absolute atomic E-state index is 12.7. The second kappa shape index (κ2) is 8.29. The zero-order valence-corrected chi connectivity index (χ0v) is 18.4. The molecular formula is C21H26ClN5O2. The van der Waals surface area contributed by atoms with Crippen molar-refractivity contribution in [1.29, 1.82) is 0 Å². The molecule has 8 heteroatoms. The third-order valence-corrected chi connectivity index (χ3v) is 5.27. The Morgan fingerprint density at radius 2 is 2.03 bits per heavy atom. The third-order valence-electron chi connectivity index (χ3n) is 5.03. The monoisotopic (exact) mass is 415 g/mol. The Balaban J connectivity index is 1.82. The van der Waals surface area contributed by atoms with Crippen LogP contribution in [-0.2, 0) is 18.3 Å². The maximum Gasteiger partial charge on any atom is 0.242 e. The van der Waals surface area contributed by atoms with Crippen LogP contribution in [0.15, 0.2) is 18.2 Å². The zero-order valence-electron chi connectivity index (χ0n) is 17.6. The zero-order chi connectivity index (χ0) is 21.3. The van der Waals surface area contributed by atoms with Gasteiger partial charge in [-0.05, 0) is 49.6 Å². The summed E-state index contributed by atoms with van der Waals surface area (Å²) in [6.07, 6.45) is 0.902. The third kappa shape index (κ3) is 4.15. The van der Waals surface area contributed by atoms with Crippen LogP contribution in [0.4, 0.5) is 11.4 Å². The number of hydrogen-bond acceptors (Lipinski definition) is 5. The Labute approximate surface area is 175 Å². The first kappa shape index (κ1) is 20.9. The number of hydrogen-bond donors (Lipinski definition) is 1. The molecule has 3 rings (SSSR count). The number of nitrogens with zero attached hydrogens (tertiary/aromatic N) is 4. The summed E-state index contributed by atoms with van der Waals surface area (Å²) in [7, 11) is 7.29. The van der Waals surface area contributed by atoms with E-state index in [0.29, 0.717) is 29.4 Å². The van der Waals surface area contributed by atoms with Gasteiger partial charge in [0.15, 0.2) is 5.65 Å². The Morgan fingerprint density at radius 1 is 1.31 bits per heavy atom. The smallest absolute Gasteiger partial charge is 0.242 e. The van der Waals surface area contributed by atoms with Crippen molar-refractivity contribution < 1.29 is 9.53 Å². The topological polar surface area (TPSA) is 72.3 Å². The number of nitrogens with one attached hydrogen (secondary N) is 1. The Morgan fingerprint density at radius 3 is 2.69 bits per heavy atom. The number of methoxy groups -OCH3 is 1. The minimum Gasteiger partial charge on any atom is -0.479 e. The van der Waals surface area contributed by atoms with E-state index >= 15 is 0 Å². The second-order valence-corrected chi connectivity index (χ2v) is 7.67. The van der Waals surface area contributed by atoms with E-state index in [2.05, 4.69) is 15.4 Å². The summed E-state index contributed by atoms with van der Waals surface area (Å²) in [5.74, 6) is 0.472. The lowest BCUT2D eigenvalue weighted by Gasteiger charge is -2.18. The molecule has 0 saturated heterocycles. The summed E-state index contributed by atoms with van der Waals surface area (Å²) in [6, 6.07) is 5.46. The quantitative estimate of drug-likeness (QED) is 0.661. The number of amides is 1. The molecule has 0 spiro atoms. The van der Waals surface area contributed by atoms with Gasteiger partial charge in [0, 0.05) is 38.3 Å². The minimum absolute atomic E-state index is 0.0765. The molecule has 0 fully saturated rings. The van der Waals surface area contributed by atoms with E-state index in [0.717, 1.165) is 33.5 Å². The van der Waals surface area contributed by atoms with Crippen molar-refractivity contribution in [2.45, 2.75) is 26.7 Å². The number of halogens is 1. The number of rotatable bonds is 6. The Kier molecular flexibility index (Phi) is 5.98. The molecule has 0 aliphatic heterocycles. The van der Waals surface area contributed by atoms with Gasteiger partial charge in [0.25, 0.3) is 0 Å². The van der Waals surface area contributed by atoms with Crippen molar-refractivity contribution in [2.75, 3.05) is 31.4 Å². The fraction of sp³-hybridized carbons (Fsp3) is 0.381. The fourth-order valence-electron chi connectivity index (χ4n) is 3.56. The Hall–Kier alpha value is -2.80. The number of pyridine rings is 1. The molecule has 2 heterocycles. The highest BCUT2D eigenvalue weighted by atomic mass is 35.5. The number of anilines is 2. The summed E-state index contributed by atoms with van der Waals surface area (Å²) in [6.45, 7) is 3.98. The molecule has 0 aliphatic carbocycles. The lowest BCUT2D eigenvalue weighted by atomic mass is 10.00. The van der Waals surface area contributed by atoms with Gasteiger partial charge in [0.2, 0.25) is 11.8 Å². The van der Waals surface area contributed by atoms with Gasteiger partial charge in [0.05, 0.1) is 23.9 Å². The van der Waals surface area contributed by atoms with E-state index < -0.39 is 0 Å². The minimum atomic E-state index is -0.0765. The summed E-state index contributed by atoms with van der Waals surface area (Å²) in [5, 5.41) is 8.82. The number of benzene rings is 1. The molecule has 0 unspecified atom stereocenters. The summed E-state index contributed by atoms with van der Waals surface area (Å²) in [4.78, 5) is 19.3. The van der Waals surface area contributed by atoms with Crippen LogP contribution in [0.3, 0.4) is 0 Å². The molecule has 3 aromatic rings. The van der Waals surface area contributed by atoms with Crippen molar-refractivity contribution in [3.63, 3.8) is 0 Å². The highest BCUT2D eigenvalue weighted by molar-refractivity contribution is 6.31. The van der Waals surface area contributed by atoms with Crippen LogP contribution in [-0.4, -0.2) is 41.9 Å². The van der Waals surface area contributed by atoms with Gasteiger partial charge in [-0.15, -0.1) is 5.10 Å². The van der Waals surface area contributed by atoms with E-state index in [4.69, 9.17) is 16.3 Å². The SMILES string of the molecule is COc1nn(C)c2nc(C)c(CCC(=O)Nc3cc(Cl)ccc3N(C)C)c(C)c12. The van der Waals surface area contributed by atoms with Gasteiger partial charge >= 0.3 is 0 Å². The molecule has 1 aromatic carbocycles. The average molecular weight is 416 g/mol. The van der Waals surface area contributed by atoms with Crippen molar-refractivity contribution in [1.82, 2.24) is 14.8 Å². The van der Waals surface area contributed by atoms with Crippen molar-refractivity contribution >= 4 is 39.9 Å². The first-order chi connectivity index (χ1) is 13.7. The molecule has 2 aromatic heterocycles. The lowest BCUT2D eigenvalue weighted by molar-refractivity contribution is -0.116. The number of carbonyl (C=O) groups is 1. The summed E-state index contributed by atoms with van der Waals surface area (Å²) in [5.41, 5.74) is 5.35. The second-order valence-electron chi connectivity index (χ2n) is 7.24. The first-order valence-electron chi connectivity index (χ1n) is 9.36. The van der Waals surface area contributed by atoms with Gasteiger partial charge in [-0.2, -0.15) is 0 Å². The Bertz CT molecular complexity index is 1070. The van der Waals surface area contributed by atoms with Crippen LogP contribution in [0.5, 0.6) is 5.88 Å². The van der Waals surface area contributed by atoms with Crippen molar-refractivity contribution in [3.05, 3.63) is 40.0 Å². The summed E-state index contributed by atoms with van der Waals surface area (Å²) >= 11 is 6.11. The van der Waals surface area contributed by atoms with Gasteiger partial charge in [-0.1, -0.05) is 11.6 Å². The van der Waals surface area contributed by atoms with Crippen LogP contribution in [0.2, 0.25) is 5.02 Å². The van der Waals surface area contributed by atoms with Crippen LogP contribution in [0.1, 0.15) is 23.2 Å². The molecule has 0 aliphatic rings.